The summed E-state index contributed by atoms with van der Waals surface area (Å²) < 4.78 is 37.2. The summed E-state index contributed by atoms with van der Waals surface area (Å²) in [4.78, 5) is 0. The van der Waals surface area contributed by atoms with Gasteiger partial charge in [-0.3, -0.25) is 0 Å². The van der Waals surface area contributed by atoms with Crippen LogP contribution < -0.4 is 0 Å². The van der Waals surface area contributed by atoms with Gasteiger partial charge in [0.25, 0.3) is 0 Å². The van der Waals surface area contributed by atoms with Crippen LogP contribution in [0.1, 0.15) is 23.6 Å². The van der Waals surface area contributed by atoms with Crippen LogP contribution in [-0.2, 0) is 6.18 Å². The van der Waals surface area contributed by atoms with Crippen molar-refractivity contribution in [3.05, 3.63) is 40.8 Å². The molecule has 0 saturated heterocycles. The van der Waals surface area contributed by atoms with E-state index in [1.807, 2.05) is 0 Å². The van der Waals surface area contributed by atoms with Crippen molar-refractivity contribution in [1.82, 2.24) is 0 Å². The number of aliphatic hydroxyl groups is 1. The van der Waals surface area contributed by atoms with Gasteiger partial charge in [0.15, 0.2) is 0 Å². The fourth-order valence-electron chi connectivity index (χ4n) is 1.34. The third-order valence-corrected chi connectivity index (χ3v) is 2.26. The van der Waals surface area contributed by atoms with E-state index in [1.54, 1.807) is 13.8 Å². The number of hydrogen-bond donors (Lipinski definition) is 1. The first-order valence-corrected chi connectivity index (χ1v) is 4.47. The van der Waals surface area contributed by atoms with Crippen LogP contribution in [0.3, 0.4) is 0 Å². The molecule has 0 aliphatic rings. The van der Waals surface area contributed by atoms with Crippen molar-refractivity contribution >= 4 is 0 Å². The summed E-state index contributed by atoms with van der Waals surface area (Å²) in [7, 11) is 0. The minimum absolute atomic E-state index is 0.234. The van der Waals surface area contributed by atoms with Crippen molar-refractivity contribution in [1.29, 1.82) is 0 Å². The van der Waals surface area contributed by atoms with E-state index in [-0.39, 0.29) is 6.61 Å². The molecule has 1 nitrogen and oxygen atoms in total. The van der Waals surface area contributed by atoms with Gasteiger partial charge in [0, 0.05) is 5.92 Å². The maximum atomic E-state index is 12.4. The van der Waals surface area contributed by atoms with E-state index in [2.05, 4.69) is 0 Å². The van der Waals surface area contributed by atoms with Crippen LogP contribution in [0.5, 0.6) is 0 Å². The van der Waals surface area contributed by atoms with Crippen LogP contribution in [0.25, 0.3) is 0 Å². The highest BCUT2D eigenvalue weighted by atomic mass is 19.4. The average Bonchev–Trinajstić information content (AvgIpc) is 2.15. The Kier molecular flexibility index (Phi) is 3.39. The highest BCUT2D eigenvalue weighted by Crippen LogP contribution is 2.32. The van der Waals surface area contributed by atoms with Crippen LogP contribution >= 0.6 is 0 Å². The maximum absolute atomic E-state index is 12.4. The zero-order valence-corrected chi connectivity index (χ0v) is 8.52. The molecular formula is C11H12F3O. The van der Waals surface area contributed by atoms with Gasteiger partial charge in [-0.1, -0.05) is 13.0 Å². The van der Waals surface area contributed by atoms with Gasteiger partial charge < -0.3 is 5.11 Å². The Hall–Kier alpha value is -1.03. The molecule has 0 aromatic heterocycles. The molecule has 1 N–H and O–H groups in total. The smallest absolute Gasteiger partial charge is 0.395 e. The standard InChI is InChI=1S/C11H12F3O/c1-7-3-4-9(11(12,13)14)5-10(7)8(2)6-15/h3-5,15H,6H2,1-2H3. The summed E-state index contributed by atoms with van der Waals surface area (Å²) >= 11 is 0. The lowest BCUT2D eigenvalue weighted by Gasteiger charge is -2.14. The van der Waals surface area contributed by atoms with E-state index < -0.39 is 11.7 Å². The summed E-state index contributed by atoms with van der Waals surface area (Å²) in [6, 6.07) is 3.53. The number of aryl methyl sites for hydroxylation is 1. The average molecular weight is 217 g/mol. The highest BCUT2D eigenvalue weighted by molar-refractivity contribution is 5.41. The Morgan fingerprint density at radius 3 is 2.40 bits per heavy atom. The van der Waals surface area contributed by atoms with Gasteiger partial charge in [-0.15, -0.1) is 0 Å². The maximum Gasteiger partial charge on any atom is 0.416 e. The second kappa shape index (κ2) is 4.23. The molecule has 83 valence electrons. The lowest BCUT2D eigenvalue weighted by molar-refractivity contribution is -0.137. The first-order chi connectivity index (χ1) is 6.86. The Balaban J connectivity index is 3.17. The second-order valence-corrected chi connectivity index (χ2v) is 3.47. The topological polar surface area (TPSA) is 20.2 Å². The second-order valence-electron chi connectivity index (χ2n) is 3.47. The molecule has 0 amide bonds. The molecule has 0 spiro atoms. The molecule has 0 unspecified atom stereocenters. The van der Waals surface area contributed by atoms with Crippen molar-refractivity contribution in [2.24, 2.45) is 0 Å². The number of aliphatic hydroxyl groups excluding tert-OH is 1. The predicted octanol–water partition coefficient (Wildman–Crippen LogP) is 2.95. The van der Waals surface area contributed by atoms with Crippen molar-refractivity contribution < 1.29 is 18.3 Å². The third-order valence-electron chi connectivity index (χ3n) is 2.26. The van der Waals surface area contributed by atoms with Gasteiger partial charge in [-0.2, -0.15) is 13.2 Å². The number of hydrogen-bond acceptors (Lipinski definition) is 1. The summed E-state index contributed by atoms with van der Waals surface area (Å²) in [6.07, 6.45) is -4.34. The molecule has 1 rings (SSSR count). The largest absolute Gasteiger partial charge is 0.416 e. The van der Waals surface area contributed by atoms with Crippen molar-refractivity contribution in [2.45, 2.75) is 20.0 Å². The van der Waals surface area contributed by atoms with E-state index in [1.165, 1.54) is 6.07 Å². The SMILES string of the molecule is C[C](CO)c1cc(C(F)(F)F)ccc1C. The summed E-state index contributed by atoms with van der Waals surface area (Å²) in [5, 5.41) is 8.89. The number of halogens is 3. The van der Waals surface area contributed by atoms with E-state index in [0.717, 1.165) is 17.7 Å². The van der Waals surface area contributed by atoms with Crippen molar-refractivity contribution in [3.8, 4) is 0 Å². The van der Waals surface area contributed by atoms with Crippen molar-refractivity contribution in [2.75, 3.05) is 6.61 Å². The molecule has 4 heteroatoms. The van der Waals surface area contributed by atoms with E-state index >= 15 is 0 Å². The molecule has 0 saturated carbocycles. The molecular weight excluding hydrogens is 205 g/mol. The Morgan fingerprint density at radius 2 is 1.93 bits per heavy atom. The minimum atomic E-state index is -4.34. The predicted molar refractivity (Wildman–Crippen MR) is 51.3 cm³/mol. The normalized spacial score (nSPS) is 12.2. The van der Waals surface area contributed by atoms with E-state index in [0.29, 0.717) is 11.5 Å². The fraction of sp³-hybridized carbons (Fsp3) is 0.364. The van der Waals surface area contributed by atoms with Crippen molar-refractivity contribution in [3.63, 3.8) is 0 Å². The van der Waals surface area contributed by atoms with Gasteiger partial charge in [0.05, 0.1) is 12.2 Å². The quantitative estimate of drug-likeness (QED) is 0.807. The van der Waals surface area contributed by atoms with Gasteiger partial charge in [-0.05, 0) is 30.2 Å². The third kappa shape index (κ3) is 2.72. The van der Waals surface area contributed by atoms with E-state index in [9.17, 15) is 13.2 Å². The van der Waals surface area contributed by atoms with Gasteiger partial charge in [-0.25, -0.2) is 0 Å². The fourth-order valence-corrected chi connectivity index (χ4v) is 1.34. The molecule has 1 aromatic rings. The van der Waals surface area contributed by atoms with Crippen LogP contribution in [-0.4, -0.2) is 11.7 Å². The number of benzene rings is 1. The molecule has 1 aromatic carbocycles. The first-order valence-electron chi connectivity index (χ1n) is 4.47. The molecule has 15 heavy (non-hydrogen) atoms. The zero-order chi connectivity index (χ0) is 11.6. The van der Waals surface area contributed by atoms with Crippen LogP contribution in [0, 0.1) is 12.8 Å². The molecule has 0 fully saturated rings. The Bertz CT molecular complexity index is 344. The highest BCUT2D eigenvalue weighted by Gasteiger charge is 2.31. The Morgan fingerprint density at radius 1 is 1.33 bits per heavy atom. The van der Waals surface area contributed by atoms with Gasteiger partial charge >= 0.3 is 6.18 Å². The summed E-state index contributed by atoms with van der Waals surface area (Å²) in [5.41, 5.74) is 0.512. The van der Waals surface area contributed by atoms with Crippen LogP contribution in [0.4, 0.5) is 13.2 Å². The number of rotatable bonds is 2. The molecule has 0 atom stereocenters. The molecule has 0 aliphatic heterocycles. The minimum Gasteiger partial charge on any atom is -0.395 e. The van der Waals surface area contributed by atoms with Crippen LogP contribution in [0.15, 0.2) is 18.2 Å². The first kappa shape index (κ1) is 12.0. The monoisotopic (exact) mass is 217 g/mol. The molecule has 1 radical (unpaired) electrons. The molecule has 0 heterocycles. The molecule has 0 bridgehead atoms. The lowest BCUT2D eigenvalue weighted by atomic mass is 9.95. The molecule has 0 aliphatic carbocycles. The lowest BCUT2D eigenvalue weighted by Crippen LogP contribution is -2.09. The van der Waals surface area contributed by atoms with Gasteiger partial charge in [0.2, 0.25) is 0 Å². The van der Waals surface area contributed by atoms with E-state index in [4.69, 9.17) is 5.11 Å². The van der Waals surface area contributed by atoms with Gasteiger partial charge in [0.1, 0.15) is 0 Å². The zero-order valence-electron chi connectivity index (χ0n) is 8.52. The van der Waals surface area contributed by atoms with Crippen LogP contribution in [0.2, 0.25) is 0 Å². The Labute approximate surface area is 86.5 Å². The summed E-state index contributed by atoms with van der Waals surface area (Å²) in [6.45, 7) is 3.10. The number of alkyl halides is 3. The summed E-state index contributed by atoms with van der Waals surface area (Å²) in [5.74, 6) is 0.540.